The number of benzene rings is 1. The second kappa shape index (κ2) is 5.32. The molecule has 0 atom stereocenters. The van der Waals surface area contributed by atoms with E-state index in [4.69, 9.17) is 4.74 Å². The first kappa shape index (κ1) is 12.7. The van der Waals surface area contributed by atoms with Crippen molar-refractivity contribution >= 4 is 11.9 Å². The Morgan fingerprint density at radius 3 is 2.30 bits per heavy atom. The Morgan fingerprint density at radius 1 is 1.05 bits per heavy atom. The lowest BCUT2D eigenvalue weighted by Crippen LogP contribution is -2.21. The molecule has 0 bridgehead atoms. The van der Waals surface area contributed by atoms with Gasteiger partial charge in [0.2, 0.25) is 11.9 Å². The molecule has 0 radical (unpaired) electrons. The first-order valence-corrected chi connectivity index (χ1v) is 6.59. The second-order valence-electron chi connectivity index (χ2n) is 4.74. The molecule has 0 unspecified atom stereocenters. The fraction of sp³-hybridized carbons (Fsp3) is 0.357. The molecule has 104 valence electrons. The lowest BCUT2D eigenvalue weighted by atomic mass is 10.1. The number of rotatable bonds is 4. The molecular weight excluding hydrogens is 254 g/mol. The Balaban J connectivity index is 1.76. The van der Waals surface area contributed by atoms with Gasteiger partial charge in [-0.15, -0.1) is 0 Å². The first-order valence-electron chi connectivity index (χ1n) is 6.59. The highest BCUT2D eigenvalue weighted by atomic mass is 16.5. The number of anilines is 2. The summed E-state index contributed by atoms with van der Waals surface area (Å²) in [5.41, 5.74) is 2.78. The van der Waals surface area contributed by atoms with E-state index >= 15 is 0 Å². The van der Waals surface area contributed by atoms with Gasteiger partial charge in [0.1, 0.15) is 0 Å². The molecule has 0 spiro atoms. The van der Waals surface area contributed by atoms with Gasteiger partial charge in [0, 0.05) is 13.1 Å². The van der Waals surface area contributed by atoms with Gasteiger partial charge in [-0.2, -0.15) is 15.0 Å². The zero-order chi connectivity index (χ0) is 13.9. The molecule has 3 rings (SSSR count). The van der Waals surface area contributed by atoms with Gasteiger partial charge >= 0.3 is 6.01 Å². The molecule has 0 saturated carbocycles. The minimum atomic E-state index is 0.308. The second-order valence-corrected chi connectivity index (χ2v) is 4.74. The van der Waals surface area contributed by atoms with E-state index in [1.54, 1.807) is 14.2 Å². The molecule has 2 aromatic rings. The van der Waals surface area contributed by atoms with Crippen LogP contribution in [0.25, 0.3) is 0 Å². The van der Waals surface area contributed by atoms with Gasteiger partial charge in [-0.05, 0) is 24.0 Å². The predicted molar refractivity (Wildman–Crippen MR) is 77.2 cm³/mol. The highest BCUT2D eigenvalue weighted by Crippen LogP contribution is 2.24. The predicted octanol–water partition coefficient (Wildman–Crippen LogP) is 1.50. The number of ether oxygens (including phenoxy) is 1. The van der Waals surface area contributed by atoms with Gasteiger partial charge in [-0.25, -0.2) is 0 Å². The fourth-order valence-corrected chi connectivity index (χ4v) is 2.47. The van der Waals surface area contributed by atoms with Crippen molar-refractivity contribution in [3.05, 3.63) is 35.4 Å². The van der Waals surface area contributed by atoms with Crippen molar-refractivity contribution in [1.82, 2.24) is 15.0 Å². The summed E-state index contributed by atoms with van der Waals surface area (Å²) in [7, 11) is 3.31. The van der Waals surface area contributed by atoms with Crippen molar-refractivity contribution in [3.63, 3.8) is 0 Å². The van der Waals surface area contributed by atoms with E-state index in [1.807, 2.05) is 0 Å². The molecule has 6 heteroatoms. The van der Waals surface area contributed by atoms with E-state index in [9.17, 15) is 0 Å². The Hall–Kier alpha value is -2.37. The third-order valence-electron chi connectivity index (χ3n) is 3.41. The van der Waals surface area contributed by atoms with Crippen LogP contribution in [-0.4, -0.2) is 35.2 Å². The van der Waals surface area contributed by atoms with Crippen molar-refractivity contribution in [2.45, 2.75) is 18.9 Å². The Morgan fingerprint density at radius 2 is 1.70 bits per heavy atom. The van der Waals surface area contributed by atoms with Crippen LogP contribution in [0.3, 0.4) is 0 Å². The van der Waals surface area contributed by atoms with Crippen LogP contribution >= 0.6 is 0 Å². The average Bonchev–Trinajstić information content (AvgIpc) is 2.88. The number of hydrogen-bond acceptors (Lipinski definition) is 6. The summed E-state index contributed by atoms with van der Waals surface area (Å²) in [4.78, 5) is 12.6. The van der Waals surface area contributed by atoms with Gasteiger partial charge < -0.3 is 15.4 Å². The van der Waals surface area contributed by atoms with Crippen molar-refractivity contribution in [2.75, 3.05) is 24.8 Å². The smallest absolute Gasteiger partial charge is 0.322 e. The molecule has 1 aliphatic carbocycles. The number of hydrogen-bond donors (Lipinski definition) is 2. The first-order chi connectivity index (χ1) is 9.78. The van der Waals surface area contributed by atoms with E-state index in [1.165, 1.54) is 11.1 Å². The third kappa shape index (κ3) is 2.49. The van der Waals surface area contributed by atoms with Crippen LogP contribution in [0.15, 0.2) is 24.3 Å². The molecule has 1 aromatic heterocycles. The SMILES string of the molecule is CNc1nc(NC2Cc3ccccc3C2)nc(OC)n1. The van der Waals surface area contributed by atoms with Gasteiger partial charge in [-0.1, -0.05) is 24.3 Å². The normalized spacial score (nSPS) is 13.9. The number of nitrogens with zero attached hydrogens (tertiary/aromatic N) is 3. The third-order valence-corrected chi connectivity index (χ3v) is 3.41. The van der Waals surface area contributed by atoms with Crippen LogP contribution in [0.4, 0.5) is 11.9 Å². The van der Waals surface area contributed by atoms with E-state index in [0.29, 0.717) is 23.9 Å². The number of methoxy groups -OCH3 is 1. The van der Waals surface area contributed by atoms with Crippen molar-refractivity contribution < 1.29 is 4.74 Å². The van der Waals surface area contributed by atoms with Crippen LogP contribution in [0, 0.1) is 0 Å². The van der Waals surface area contributed by atoms with Gasteiger partial charge in [-0.3, -0.25) is 0 Å². The summed E-state index contributed by atoms with van der Waals surface area (Å²) >= 11 is 0. The van der Waals surface area contributed by atoms with Crippen molar-refractivity contribution in [1.29, 1.82) is 0 Å². The van der Waals surface area contributed by atoms with E-state index < -0.39 is 0 Å². The summed E-state index contributed by atoms with van der Waals surface area (Å²) in [5.74, 6) is 1.04. The monoisotopic (exact) mass is 271 g/mol. The van der Waals surface area contributed by atoms with Gasteiger partial charge in [0.25, 0.3) is 0 Å². The Bertz CT molecular complexity index is 569. The minimum Gasteiger partial charge on any atom is -0.467 e. The molecule has 0 amide bonds. The van der Waals surface area contributed by atoms with Crippen molar-refractivity contribution in [2.24, 2.45) is 0 Å². The quantitative estimate of drug-likeness (QED) is 0.878. The maximum atomic E-state index is 5.08. The van der Waals surface area contributed by atoms with Crippen LogP contribution in [0.2, 0.25) is 0 Å². The van der Waals surface area contributed by atoms with Crippen LogP contribution in [-0.2, 0) is 12.8 Å². The maximum absolute atomic E-state index is 5.08. The number of aromatic nitrogens is 3. The number of nitrogens with one attached hydrogen (secondary N) is 2. The minimum absolute atomic E-state index is 0.308. The molecule has 1 heterocycles. The largest absolute Gasteiger partial charge is 0.467 e. The zero-order valence-corrected chi connectivity index (χ0v) is 11.6. The highest BCUT2D eigenvalue weighted by molar-refractivity contribution is 5.40. The standard InChI is InChI=1S/C14H17N5O/c1-15-12-17-13(19-14(18-12)20-2)16-11-7-9-5-3-4-6-10(9)8-11/h3-6,11H,7-8H2,1-2H3,(H2,15,16,17,18,19). The van der Waals surface area contributed by atoms with E-state index in [-0.39, 0.29) is 0 Å². The van der Waals surface area contributed by atoms with Crippen LogP contribution in [0.1, 0.15) is 11.1 Å². The average molecular weight is 271 g/mol. The summed E-state index contributed by atoms with van der Waals surface area (Å²) in [6.45, 7) is 0. The van der Waals surface area contributed by atoms with Crippen LogP contribution in [0.5, 0.6) is 6.01 Å². The molecule has 6 nitrogen and oxygen atoms in total. The topological polar surface area (TPSA) is 72.0 Å². The lowest BCUT2D eigenvalue weighted by Gasteiger charge is -2.13. The highest BCUT2D eigenvalue weighted by Gasteiger charge is 2.21. The maximum Gasteiger partial charge on any atom is 0.322 e. The summed E-state index contributed by atoms with van der Waals surface area (Å²) in [6, 6.07) is 9.11. The molecule has 1 aromatic carbocycles. The van der Waals surface area contributed by atoms with Gasteiger partial charge in [0.05, 0.1) is 7.11 Å². The Labute approximate surface area is 117 Å². The Kier molecular flexibility index (Phi) is 3.37. The zero-order valence-electron chi connectivity index (χ0n) is 11.6. The lowest BCUT2D eigenvalue weighted by molar-refractivity contribution is 0.379. The van der Waals surface area contributed by atoms with E-state index in [2.05, 4.69) is 49.9 Å². The van der Waals surface area contributed by atoms with Crippen molar-refractivity contribution in [3.8, 4) is 6.01 Å². The summed E-state index contributed by atoms with van der Waals surface area (Å²) in [5, 5.41) is 6.26. The molecule has 2 N–H and O–H groups in total. The van der Waals surface area contributed by atoms with Crippen LogP contribution < -0.4 is 15.4 Å². The molecule has 0 aliphatic heterocycles. The number of fused-ring (bicyclic) bond motifs is 1. The fourth-order valence-electron chi connectivity index (χ4n) is 2.47. The molecule has 20 heavy (non-hydrogen) atoms. The summed E-state index contributed by atoms with van der Waals surface area (Å²) < 4.78 is 5.08. The van der Waals surface area contributed by atoms with Gasteiger partial charge in [0.15, 0.2) is 0 Å². The molecule has 0 saturated heterocycles. The molecular formula is C14H17N5O. The molecule has 1 aliphatic rings. The molecule has 0 fully saturated rings. The summed E-state index contributed by atoms with van der Waals surface area (Å²) in [6.07, 6.45) is 1.97. The van der Waals surface area contributed by atoms with E-state index in [0.717, 1.165) is 12.8 Å².